The van der Waals surface area contributed by atoms with Gasteiger partial charge in [0, 0.05) is 30.4 Å². The van der Waals surface area contributed by atoms with E-state index in [1.165, 1.54) is 13.4 Å². The minimum absolute atomic E-state index is 0.209. The van der Waals surface area contributed by atoms with Crippen LogP contribution in [0.25, 0.3) is 11.3 Å². The number of para-hydroxylation sites is 1. The Morgan fingerprint density at radius 3 is 2.48 bits per heavy atom. The lowest BCUT2D eigenvalue weighted by atomic mass is 10.1. The summed E-state index contributed by atoms with van der Waals surface area (Å²) in [7, 11) is 4.73. The van der Waals surface area contributed by atoms with Crippen LogP contribution in [0.1, 0.15) is 10.4 Å². The number of ether oxygens (including phenoxy) is 2. The number of anilines is 2. The molecule has 0 unspecified atom stereocenters. The second-order valence-electron chi connectivity index (χ2n) is 5.61. The molecule has 0 saturated carbocycles. The lowest BCUT2D eigenvalue weighted by Gasteiger charge is -2.12. The zero-order valence-corrected chi connectivity index (χ0v) is 15.3. The van der Waals surface area contributed by atoms with Gasteiger partial charge in [0.1, 0.15) is 23.6 Å². The summed E-state index contributed by atoms with van der Waals surface area (Å²) in [5.41, 5.74) is 2.81. The molecule has 0 aliphatic carbocycles. The van der Waals surface area contributed by atoms with Gasteiger partial charge < -0.3 is 20.1 Å². The van der Waals surface area contributed by atoms with E-state index in [0.717, 1.165) is 22.7 Å². The molecule has 138 valence electrons. The number of nitrogens with one attached hydrogen (secondary N) is 2. The number of carbonyl (C=O) groups excluding carboxylic acids is 1. The fourth-order valence-corrected chi connectivity index (χ4v) is 2.67. The summed E-state index contributed by atoms with van der Waals surface area (Å²) in [4.78, 5) is 20.5. The van der Waals surface area contributed by atoms with E-state index in [-0.39, 0.29) is 5.91 Å². The van der Waals surface area contributed by atoms with Crippen molar-refractivity contribution in [1.82, 2.24) is 15.3 Å². The van der Waals surface area contributed by atoms with Crippen LogP contribution in [0.3, 0.4) is 0 Å². The molecule has 27 heavy (non-hydrogen) atoms. The molecule has 0 bridgehead atoms. The van der Waals surface area contributed by atoms with Crippen molar-refractivity contribution in [1.29, 1.82) is 0 Å². The first kappa shape index (κ1) is 18.2. The smallest absolute Gasteiger partial charge is 0.254 e. The zero-order valence-electron chi connectivity index (χ0n) is 15.3. The number of amides is 1. The van der Waals surface area contributed by atoms with E-state index in [0.29, 0.717) is 17.1 Å². The van der Waals surface area contributed by atoms with Crippen molar-refractivity contribution in [2.45, 2.75) is 0 Å². The van der Waals surface area contributed by atoms with Gasteiger partial charge in [-0.05, 0) is 24.3 Å². The molecule has 3 rings (SSSR count). The normalized spacial score (nSPS) is 10.2. The van der Waals surface area contributed by atoms with Crippen LogP contribution >= 0.6 is 0 Å². The van der Waals surface area contributed by atoms with Crippen LogP contribution in [0.15, 0.2) is 54.9 Å². The van der Waals surface area contributed by atoms with Gasteiger partial charge in [-0.15, -0.1) is 0 Å². The highest BCUT2D eigenvalue weighted by Gasteiger charge is 2.12. The maximum atomic E-state index is 11.9. The third kappa shape index (κ3) is 3.98. The number of methoxy groups -OCH3 is 2. The van der Waals surface area contributed by atoms with Gasteiger partial charge in [0.2, 0.25) is 0 Å². The number of rotatable bonds is 6. The Kier molecular flexibility index (Phi) is 5.51. The third-order valence-electron chi connectivity index (χ3n) is 4.00. The SMILES string of the molecule is CNC(=O)c1ccc(Nc2cc(-c3ccccc3OC)ncn2)cc1OC. The molecule has 1 aromatic heterocycles. The molecular formula is C20H20N4O3. The molecule has 0 spiro atoms. The Balaban J connectivity index is 1.90. The molecule has 1 amide bonds. The van der Waals surface area contributed by atoms with Crippen molar-refractivity contribution in [2.75, 3.05) is 26.6 Å². The molecule has 7 nitrogen and oxygen atoms in total. The van der Waals surface area contributed by atoms with Crippen molar-refractivity contribution in [3.63, 3.8) is 0 Å². The average Bonchev–Trinajstić information content (AvgIpc) is 2.73. The number of carbonyl (C=O) groups is 1. The van der Waals surface area contributed by atoms with Gasteiger partial charge in [-0.25, -0.2) is 9.97 Å². The number of benzene rings is 2. The van der Waals surface area contributed by atoms with Gasteiger partial charge in [-0.1, -0.05) is 12.1 Å². The molecule has 0 aliphatic rings. The fraction of sp³-hybridized carbons (Fsp3) is 0.150. The summed E-state index contributed by atoms with van der Waals surface area (Å²) < 4.78 is 10.7. The quantitative estimate of drug-likeness (QED) is 0.698. The molecule has 7 heteroatoms. The van der Waals surface area contributed by atoms with Crippen molar-refractivity contribution >= 4 is 17.4 Å². The molecule has 0 atom stereocenters. The monoisotopic (exact) mass is 364 g/mol. The van der Waals surface area contributed by atoms with Crippen LogP contribution in [0.4, 0.5) is 11.5 Å². The first-order valence-corrected chi connectivity index (χ1v) is 8.29. The van der Waals surface area contributed by atoms with E-state index in [4.69, 9.17) is 9.47 Å². The summed E-state index contributed by atoms with van der Waals surface area (Å²) >= 11 is 0. The van der Waals surface area contributed by atoms with Crippen LogP contribution in [0.5, 0.6) is 11.5 Å². The standard InChI is InChI=1S/C20H20N4O3/c1-21-20(25)15-9-8-13(10-18(15)27-3)24-19-11-16(22-12-23-19)14-6-4-5-7-17(14)26-2/h4-12H,1-3H3,(H,21,25)(H,22,23,24). The van der Waals surface area contributed by atoms with Crippen LogP contribution < -0.4 is 20.1 Å². The number of hydrogen-bond donors (Lipinski definition) is 2. The van der Waals surface area contributed by atoms with Crippen LogP contribution in [-0.2, 0) is 0 Å². The maximum Gasteiger partial charge on any atom is 0.254 e. The Labute approximate surface area is 157 Å². The van der Waals surface area contributed by atoms with Gasteiger partial charge in [0.25, 0.3) is 5.91 Å². The molecule has 1 heterocycles. The van der Waals surface area contributed by atoms with Gasteiger partial charge >= 0.3 is 0 Å². The van der Waals surface area contributed by atoms with Crippen molar-refractivity contribution in [2.24, 2.45) is 0 Å². The minimum atomic E-state index is -0.209. The molecule has 2 N–H and O–H groups in total. The van der Waals surface area contributed by atoms with Gasteiger partial charge in [0.05, 0.1) is 25.5 Å². The van der Waals surface area contributed by atoms with E-state index in [1.807, 2.05) is 30.3 Å². The van der Waals surface area contributed by atoms with Crippen LogP contribution in [0, 0.1) is 0 Å². The number of nitrogens with zero attached hydrogens (tertiary/aromatic N) is 2. The van der Waals surface area contributed by atoms with E-state index >= 15 is 0 Å². The Hall–Kier alpha value is -3.61. The second-order valence-corrected chi connectivity index (χ2v) is 5.61. The summed E-state index contributed by atoms with van der Waals surface area (Å²) in [5.74, 6) is 1.61. The average molecular weight is 364 g/mol. The van der Waals surface area contributed by atoms with Gasteiger partial charge in [0.15, 0.2) is 0 Å². The van der Waals surface area contributed by atoms with Crippen LogP contribution in [0.2, 0.25) is 0 Å². The molecule has 3 aromatic rings. The van der Waals surface area contributed by atoms with E-state index in [9.17, 15) is 4.79 Å². The summed E-state index contributed by atoms with van der Waals surface area (Å²) in [6.07, 6.45) is 1.49. The second kappa shape index (κ2) is 8.18. The van der Waals surface area contributed by atoms with Gasteiger partial charge in [-0.2, -0.15) is 0 Å². The molecule has 0 radical (unpaired) electrons. The van der Waals surface area contributed by atoms with Gasteiger partial charge in [-0.3, -0.25) is 4.79 Å². The summed E-state index contributed by atoms with van der Waals surface area (Å²) in [5, 5.41) is 5.80. The predicted octanol–water partition coefficient (Wildman–Crippen LogP) is 3.26. The maximum absolute atomic E-state index is 11.9. The highest BCUT2D eigenvalue weighted by molar-refractivity contribution is 5.97. The van der Waals surface area contributed by atoms with E-state index in [1.54, 1.807) is 32.4 Å². The molecular weight excluding hydrogens is 344 g/mol. The van der Waals surface area contributed by atoms with Crippen molar-refractivity contribution < 1.29 is 14.3 Å². The molecule has 2 aromatic carbocycles. The highest BCUT2D eigenvalue weighted by atomic mass is 16.5. The molecule has 0 saturated heterocycles. The summed E-state index contributed by atoms with van der Waals surface area (Å²) in [6, 6.07) is 14.7. The lowest BCUT2D eigenvalue weighted by Crippen LogP contribution is -2.18. The molecule has 0 aliphatic heterocycles. The number of hydrogen-bond acceptors (Lipinski definition) is 6. The number of aromatic nitrogens is 2. The Morgan fingerprint density at radius 1 is 0.963 bits per heavy atom. The van der Waals surface area contributed by atoms with E-state index in [2.05, 4.69) is 20.6 Å². The summed E-state index contributed by atoms with van der Waals surface area (Å²) in [6.45, 7) is 0. The largest absolute Gasteiger partial charge is 0.496 e. The fourth-order valence-electron chi connectivity index (χ4n) is 2.67. The third-order valence-corrected chi connectivity index (χ3v) is 4.00. The predicted molar refractivity (Wildman–Crippen MR) is 104 cm³/mol. The highest BCUT2D eigenvalue weighted by Crippen LogP contribution is 2.30. The van der Waals surface area contributed by atoms with E-state index < -0.39 is 0 Å². The van der Waals surface area contributed by atoms with Crippen LogP contribution in [-0.4, -0.2) is 37.1 Å². The zero-order chi connectivity index (χ0) is 19.2. The van der Waals surface area contributed by atoms with Crippen molar-refractivity contribution in [3.8, 4) is 22.8 Å². The lowest BCUT2D eigenvalue weighted by molar-refractivity contribution is 0.0960. The Morgan fingerprint density at radius 2 is 1.74 bits per heavy atom. The van der Waals surface area contributed by atoms with Crippen molar-refractivity contribution in [3.05, 3.63) is 60.4 Å². The first-order valence-electron chi connectivity index (χ1n) is 8.29. The Bertz CT molecular complexity index is 959. The topological polar surface area (TPSA) is 85.4 Å². The minimum Gasteiger partial charge on any atom is -0.496 e. The molecule has 0 fully saturated rings. The first-order chi connectivity index (χ1) is 13.2.